The highest BCUT2D eigenvalue weighted by Gasteiger charge is 1.72. The first-order chi connectivity index (χ1) is 7.33. The lowest BCUT2D eigenvalue weighted by Gasteiger charge is -1.64. The van der Waals surface area contributed by atoms with Gasteiger partial charge in [-0.15, -0.1) is 13.2 Å². The largest absolute Gasteiger partial charge is 0.103 e. The molecule has 0 aromatic heterocycles. The van der Waals surface area contributed by atoms with E-state index in [1.807, 2.05) is 31.2 Å². The number of rotatable bonds is 3. The van der Waals surface area contributed by atoms with Crippen LogP contribution in [0, 0.1) is 0 Å². The van der Waals surface area contributed by atoms with Gasteiger partial charge in [-0.25, -0.2) is 0 Å². The Labute approximate surface area is 94.7 Å². The van der Waals surface area contributed by atoms with Crippen molar-refractivity contribution in [3.8, 4) is 0 Å². The SMILES string of the molecule is C1=CCC=C1.C=CC=CC.C=CCC=C. The van der Waals surface area contributed by atoms with Gasteiger partial charge in [0.05, 0.1) is 0 Å². The normalized spacial score (nSPS) is 11.0. The first kappa shape index (κ1) is 15.9. The fraction of sp³-hybridized carbons (Fsp3) is 0.200. The smallest absolute Gasteiger partial charge is 0.0163 e. The maximum absolute atomic E-state index is 3.48. The molecule has 15 heavy (non-hydrogen) atoms. The van der Waals surface area contributed by atoms with Crippen LogP contribution in [-0.2, 0) is 0 Å². The van der Waals surface area contributed by atoms with Crippen molar-refractivity contribution in [2.45, 2.75) is 19.8 Å². The molecule has 1 aliphatic carbocycles. The third kappa shape index (κ3) is 24.5. The van der Waals surface area contributed by atoms with Crippen LogP contribution >= 0.6 is 0 Å². The van der Waals surface area contributed by atoms with Crippen molar-refractivity contribution in [1.29, 1.82) is 0 Å². The summed E-state index contributed by atoms with van der Waals surface area (Å²) in [6, 6.07) is 0. The van der Waals surface area contributed by atoms with E-state index >= 15 is 0 Å². The van der Waals surface area contributed by atoms with E-state index in [9.17, 15) is 0 Å². The topological polar surface area (TPSA) is 0 Å². The van der Waals surface area contributed by atoms with Gasteiger partial charge in [-0.2, -0.15) is 0 Å². The number of hydrogen-bond donors (Lipinski definition) is 0. The maximum Gasteiger partial charge on any atom is -0.0163 e. The summed E-state index contributed by atoms with van der Waals surface area (Å²) in [7, 11) is 0. The highest BCUT2D eigenvalue weighted by atomic mass is 13.8. The Hall–Kier alpha value is -1.56. The molecule has 0 bridgehead atoms. The van der Waals surface area contributed by atoms with Crippen LogP contribution < -0.4 is 0 Å². The van der Waals surface area contributed by atoms with Gasteiger partial charge in [0.2, 0.25) is 0 Å². The molecule has 0 aromatic rings. The van der Waals surface area contributed by atoms with E-state index in [4.69, 9.17) is 0 Å². The van der Waals surface area contributed by atoms with Crippen molar-refractivity contribution in [3.63, 3.8) is 0 Å². The van der Waals surface area contributed by atoms with Crippen LogP contribution in [0.3, 0.4) is 0 Å². The molecule has 0 unspecified atom stereocenters. The second-order valence-corrected chi connectivity index (χ2v) is 2.67. The highest BCUT2D eigenvalue weighted by Crippen LogP contribution is 1.93. The lowest BCUT2D eigenvalue weighted by atomic mass is 10.4. The Bertz CT molecular complexity index is 208. The Morgan fingerprint density at radius 3 is 1.67 bits per heavy atom. The highest BCUT2D eigenvalue weighted by molar-refractivity contribution is 5.11. The van der Waals surface area contributed by atoms with Crippen molar-refractivity contribution < 1.29 is 0 Å². The zero-order valence-electron chi connectivity index (χ0n) is 9.73. The minimum absolute atomic E-state index is 0.917. The van der Waals surface area contributed by atoms with Crippen molar-refractivity contribution in [1.82, 2.24) is 0 Å². The molecule has 0 heterocycles. The van der Waals surface area contributed by atoms with E-state index in [1.165, 1.54) is 0 Å². The number of hydrogen-bond acceptors (Lipinski definition) is 0. The minimum Gasteiger partial charge on any atom is -0.103 e. The second-order valence-electron chi connectivity index (χ2n) is 2.67. The summed E-state index contributed by atoms with van der Waals surface area (Å²) in [5.74, 6) is 0. The van der Waals surface area contributed by atoms with Crippen LogP contribution in [0.4, 0.5) is 0 Å². The van der Waals surface area contributed by atoms with Crippen LogP contribution in [-0.4, -0.2) is 0 Å². The van der Waals surface area contributed by atoms with Gasteiger partial charge in [-0.3, -0.25) is 0 Å². The molecule has 0 spiro atoms. The standard InChI is InChI=1S/C5H6.2C5H8/c1-2-4-5-3-1;2*1-3-5-4-2/h1-4H,5H2;3-5H,1H2,2H3;3-4H,1-2,5H2. The van der Waals surface area contributed by atoms with Gasteiger partial charge in [-0.05, 0) is 19.8 Å². The third-order valence-corrected chi connectivity index (χ3v) is 1.32. The molecule has 0 nitrogen and oxygen atoms in total. The van der Waals surface area contributed by atoms with E-state index in [0.717, 1.165) is 12.8 Å². The molecule has 82 valence electrons. The summed E-state index contributed by atoms with van der Waals surface area (Å²) in [6.07, 6.45) is 19.6. The predicted molar refractivity (Wildman–Crippen MR) is 72.9 cm³/mol. The lowest BCUT2D eigenvalue weighted by molar-refractivity contribution is 1.42. The van der Waals surface area contributed by atoms with Crippen molar-refractivity contribution >= 4 is 0 Å². The van der Waals surface area contributed by atoms with Crippen molar-refractivity contribution in [2.75, 3.05) is 0 Å². The molecule has 0 aromatic carbocycles. The predicted octanol–water partition coefficient (Wildman–Crippen LogP) is 5.00. The molecule has 0 saturated heterocycles. The summed E-state index contributed by atoms with van der Waals surface area (Å²) in [5, 5.41) is 0. The van der Waals surface area contributed by atoms with Gasteiger partial charge in [-0.1, -0.05) is 61.3 Å². The molecule has 0 heteroatoms. The lowest BCUT2D eigenvalue weighted by Crippen LogP contribution is -1.43. The monoisotopic (exact) mass is 202 g/mol. The Morgan fingerprint density at radius 2 is 1.60 bits per heavy atom. The summed E-state index contributed by atoms with van der Waals surface area (Å²) < 4.78 is 0. The zero-order chi connectivity index (χ0) is 11.8. The summed E-state index contributed by atoms with van der Waals surface area (Å²) in [5.41, 5.74) is 0. The summed E-state index contributed by atoms with van der Waals surface area (Å²) >= 11 is 0. The van der Waals surface area contributed by atoms with Gasteiger partial charge < -0.3 is 0 Å². The molecule has 0 aliphatic heterocycles. The zero-order valence-corrected chi connectivity index (χ0v) is 9.73. The van der Waals surface area contributed by atoms with Gasteiger partial charge in [0, 0.05) is 0 Å². The fourth-order valence-corrected chi connectivity index (χ4v) is 0.647. The van der Waals surface area contributed by atoms with Gasteiger partial charge in [0.25, 0.3) is 0 Å². The summed E-state index contributed by atoms with van der Waals surface area (Å²) in [6.45, 7) is 12.4. The molecule has 1 rings (SSSR count). The van der Waals surface area contributed by atoms with Gasteiger partial charge >= 0.3 is 0 Å². The van der Waals surface area contributed by atoms with E-state index in [1.54, 1.807) is 6.08 Å². The quantitative estimate of drug-likeness (QED) is 0.446. The molecule has 1 aliphatic rings. The van der Waals surface area contributed by atoms with Gasteiger partial charge in [0.15, 0.2) is 0 Å². The third-order valence-electron chi connectivity index (χ3n) is 1.32. The maximum atomic E-state index is 3.48. The molecule has 0 fully saturated rings. The second kappa shape index (κ2) is 18.3. The van der Waals surface area contributed by atoms with Crippen LogP contribution in [0.15, 0.2) is 74.4 Å². The number of allylic oxidation sites excluding steroid dienone is 9. The Morgan fingerprint density at radius 1 is 1.07 bits per heavy atom. The van der Waals surface area contributed by atoms with Crippen LogP contribution in [0.5, 0.6) is 0 Å². The van der Waals surface area contributed by atoms with Crippen LogP contribution in [0.2, 0.25) is 0 Å². The molecule has 0 saturated carbocycles. The Balaban J connectivity index is 0. The Kier molecular flexibility index (Phi) is 19.4. The van der Waals surface area contributed by atoms with Crippen molar-refractivity contribution in [3.05, 3.63) is 74.4 Å². The van der Waals surface area contributed by atoms with E-state index < -0.39 is 0 Å². The van der Waals surface area contributed by atoms with E-state index in [-0.39, 0.29) is 0 Å². The van der Waals surface area contributed by atoms with Crippen molar-refractivity contribution in [2.24, 2.45) is 0 Å². The molecular formula is C15H22. The summed E-state index contributed by atoms with van der Waals surface area (Å²) in [4.78, 5) is 0. The van der Waals surface area contributed by atoms with E-state index in [0.29, 0.717) is 0 Å². The molecule has 0 atom stereocenters. The molecule has 0 radical (unpaired) electrons. The van der Waals surface area contributed by atoms with E-state index in [2.05, 4.69) is 44.0 Å². The molecule has 0 N–H and O–H groups in total. The first-order valence-corrected chi connectivity index (χ1v) is 5.10. The van der Waals surface area contributed by atoms with Gasteiger partial charge in [0.1, 0.15) is 0 Å². The first-order valence-electron chi connectivity index (χ1n) is 5.10. The van der Waals surface area contributed by atoms with Crippen LogP contribution in [0.1, 0.15) is 19.8 Å². The van der Waals surface area contributed by atoms with Crippen LogP contribution in [0.25, 0.3) is 0 Å². The fourth-order valence-electron chi connectivity index (χ4n) is 0.647. The minimum atomic E-state index is 0.917. The molecule has 0 amide bonds. The average Bonchev–Trinajstić information content (AvgIpc) is 2.79. The molecular weight excluding hydrogens is 180 g/mol. The average molecular weight is 202 g/mol.